The summed E-state index contributed by atoms with van der Waals surface area (Å²) in [7, 11) is 0. The highest BCUT2D eigenvalue weighted by atomic mass is 19.1. The van der Waals surface area contributed by atoms with Crippen LogP contribution in [0.2, 0.25) is 0 Å². The molecule has 3 aromatic rings. The maximum atomic E-state index is 13.1. The first kappa shape index (κ1) is 16.9. The standard InChI is InChI=1S/C20H21FN4/c1-14(2)13-22-20-24-18(15-6-4-3-5-7-15)12-19(25-20)23-17-10-8-16(21)9-11-17/h3-12,14H,13H2,1-2H3,(H2,22,23,24,25). The summed E-state index contributed by atoms with van der Waals surface area (Å²) in [6, 6.07) is 18.0. The minimum atomic E-state index is -0.266. The van der Waals surface area contributed by atoms with Gasteiger partial charge in [-0.05, 0) is 30.2 Å². The molecule has 0 saturated carbocycles. The maximum Gasteiger partial charge on any atom is 0.225 e. The molecule has 0 spiro atoms. The van der Waals surface area contributed by atoms with Crippen molar-refractivity contribution in [3.05, 3.63) is 66.5 Å². The van der Waals surface area contributed by atoms with E-state index in [0.717, 1.165) is 23.5 Å². The molecule has 2 N–H and O–H groups in total. The lowest BCUT2D eigenvalue weighted by Crippen LogP contribution is -2.11. The highest BCUT2D eigenvalue weighted by Crippen LogP contribution is 2.23. The van der Waals surface area contributed by atoms with Gasteiger partial charge in [0.1, 0.15) is 11.6 Å². The molecule has 0 bridgehead atoms. The summed E-state index contributed by atoms with van der Waals surface area (Å²) < 4.78 is 13.1. The van der Waals surface area contributed by atoms with Gasteiger partial charge in [0.15, 0.2) is 0 Å². The number of nitrogens with zero attached hydrogens (tertiary/aromatic N) is 2. The summed E-state index contributed by atoms with van der Waals surface area (Å²) in [6.07, 6.45) is 0. The second-order valence-electron chi connectivity index (χ2n) is 6.23. The van der Waals surface area contributed by atoms with Crippen LogP contribution in [0.4, 0.5) is 21.8 Å². The van der Waals surface area contributed by atoms with Crippen LogP contribution in [0.15, 0.2) is 60.7 Å². The molecule has 3 rings (SSSR count). The van der Waals surface area contributed by atoms with Gasteiger partial charge in [0.05, 0.1) is 5.69 Å². The highest BCUT2D eigenvalue weighted by Gasteiger charge is 2.08. The number of hydrogen-bond donors (Lipinski definition) is 2. The molecule has 0 unspecified atom stereocenters. The molecule has 1 heterocycles. The molecule has 0 aliphatic rings. The zero-order valence-corrected chi connectivity index (χ0v) is 14.3. The van der Waals surface area contributed by atoms with Crippen LogP contribution in [-0.4, -0.2) is 16.5 Å². The average Bonchev–Trinajstić information content (AvgIpc) is 2.62. The molecule has 0 atom stereocenters. The third-order valence-electron chi connectivity index (χ3n) is 3.58. The average molecular weight is 336 g/mol. The Labute approximate surface area is 147 Å². The van der Waals surface area contributed by atoms with E-state index in [2.05, 4.69) is 34.4 Å². The second kappa shape index (κ2) is 7.75. The number of nitrogens with one attached hydrogen (secondary N) is 2. The molecular weight excluding hydrogens is 315 g/mol. The topological polar surface area (TPSA) is 49.8 Å². The predicted octanol–water partition coefficient (Wildman–Crippen LogP) is 5.09. The Hall–Kier alpha value is -2.95. The van der Waals surface area contributed by atoms with Crippen molar-refractivity contribution in [3.63, 3.8) is 0 Å². The first-order valence-corrected chi connectivity index (χ1v) is 8.31. The lowest BCUT2D eigenvalue weighted by atomic mass is 10.1. The Morgan fingerprint density at radius 2 is 1.68 bits per heavy atom. The summed E-state index contributed by atoms with van der Waals surface area (Å²) in [5.41, 5.74) is 2.61. The fourth-order valence-electron chi connectivity index (χ4n) is 2.32. The van der Waals surface area contributed by atoms with Gasteiger partial charge in [-0.25, -0.2) is 9.37 Å². The largest absolute Gasteiger partial charge is 0.354 e. The molecule has 0 aliphatic heterocycles. The van der Waals surface area contributed by atoms with E-state index in [1.807, 2.05) is 36.4 Å². The summed E-state index contributed by atoms with van der Waals surface area (Å²) in [4.78, 5) is 9.13. The zero-order valence-electron chi connectivity index (χ0n) is 14.3. The van der Waals surface area contributed by atoms with Gasteiger partial charge >= 0.3 is 0 Å². The van der Waals surface area contributed by atoms with Crippen molar-refractivity contribution in [2.75, 3.05) is 17.2 Å². The van der Waals surface area contributed by atoms with Crippen LogP contribution in [0.1, 0.15) is 13.8 Å². The number of hydrogen-bond acceptors (Lipinski definition) is 4. The predicted molar refractivity (Wildman–Crippen MR) is 100 cm³/mol. The van der Waals surface area contributed by atoms with E-state index >= 15 is 0 Å². The summed E-state index contributed by atoms with van der Waals surface area (Å²) in [5, 5.41) is 6.48. The first-order valence-electron chi connectivity index (χ1n) is 8.31. The van der Waals surface area contributed by atoms with E-state index in [4.69, 9.17) is 0 Å². The lowest BCUT2D eigenvalue weighted by Gasteiger charge is -2.12. The zero-order chi connectivity index (χ0) is 17.6. The smallest absolute Gasteiger partial charge is 0.225 e. The van der Waals surface area contributed by atoms with Gasteiger partial charge in [-0.1, -0.05) is 44.2 Å². The Morgan fingerprint density at radius 1 is 0.960 bits per heavy atom. The maximum absolute atomic E-state index is 13.1. The van der Waals surface area contributed by atoms with Crippen LogP contribution in [0, 0.1) is 11.7 Å². The van der Waals surface area contributed by atoms with Gasteiger partial charge in [-0.15, -0.1) is 0 Å². The quantitative estimate of drug-likeness (QED) is 0.658. The van der Waals surface area contributed by atoms with E-state index < -0.39 is 0 Å². The van der Waals surface area contributed by atoms with Gasteiger partial charge in [0.2, 0.25) is 5.95 Å². The number of anilines is 3. The van der Waals surface area contributed by atoms with Crippen molar-refractivity contribution < 1.29 is 4.39 Å². The van der Waals surface area contributed by atoms with E-state index in [-0.39, 0.29) is 5.82 Å². The molecule has 0 saturated heterocycles. The molecule has 0 amide bonds. The Morgan fingerprint density at radius 3 is 2.36 bits per heavy atom. The molecule has 0 fully saturated rings. The van der Waals surface area contributed by atoms with Crippen molar-refractivity contribution in [2.45, 2.75) is 13.8 Å². The Balaban J connectivity index is 1.92. The summed E-state index contributed by atoms with van der Waals surface area (Å²) >= 11 is 0. The minimum Gasteiger partial charge on any atom is -0.354 e. The molecule has 4 nitrogen and oxygen atoms in total. The van der Waals surface area contributed by atoms with E-state index in [1.165, 1.54) is 12.1 Å². The second-order valence-corrected chi connectivity index (χ2v) is 6.23. The van der Waals surface area contributed by atoms with E-state index in [1.54, 1.807) is 12.1 Å². The number of rotatable bonds is 6. The molecule has 0 aliphatic carbocycles. The molecule has 2 aromatic carbocycles. The third-order valence-corrected chi connectivity index (χ3v) is 3.58. The summed E-state index contributed by atoms with van der Waals surface area (Å²) in [6.45, 7) is 5.05. The Bertz CT molecular complexity index is 817. The van der Waals surface area contributed by atoms with Gasteiger partial charge in [0.25, 0.3) is 0 Å². The number of benzene rings is 2. The van der Waals surface area contributed by atoms with E-state index in [0.29, 0.717) is 17.7 Å². The molecule has 128 valence electrons. The Kier molecular flexibility index (Phi) is 5.23. The van der Waals surface area contributed by atoms with Crippen molar-refractivity contribution in [1.82, 2.24) is 9.97 Å². The van der Waals surface area contributed by atoms with Crippen LogP contribution >= 0.6 is 0 Å². The van der Waals surface area contributed by atoms with Crippen LogP contribution in [0.5, 0.6) is 0 Å². The van der Waals surface area contributed by atoms with Gasteiger partial charge in [-0.2, -0.15) is 4.98 Å². The lowest BCUT2D eigenvalue weighted by molar-refractivity contribution is 0.628. The number of aromatic nitrogens is 2. The van der Waals surface area contributed by atoms with Crippen LogP contribution in [-0.2, 0) is 0 Å². The molecule has 25 heavy (non-hydrogen) atoms. The van der Waals surface area contributed by atoms with Gasteiger partial charge in [0, 0.05) is 23.9 Å². The van der Waals surface area contributed by atoms with Crippen molar-refractivity contribution in [1.29, 1.82) is 0 Å². The normalized spacial score (nSPS) is 10.7. The fourth-order valence-corrected chi connectivity index (χ4v) is 2.32. The highest BCUT2D eigenvalue weighted by molar-refractivity contribution is 5.67. The summed E-state index contributed by atoms with van der Waals surface area (Å²) in [5.74, 6) is 1.45. The van der Waals surface area contributed by atoms with Crippen LogP contribution in [0.25, 0.3) is 11.3 Å². The minimum absolute atomic E-state index is 0.266. The molecule has 5 heteroatoms. The van der Waals surface area contributed by atoms with E-state index in [9.17, 15) is 4.39 Å². The fraction of sp³-hybridized carbons (Fsp3) is 0.200. The van der Waals surface area contributed by atoms with Crippen molar-refractivity contribution in [2.24, 2.45) is 5.92 Å². The van der Waals surface area contributed by atoms with Crippen molar-refractivity contribution >= 4 is 17.5 Å². The monoisotopic (exact) mass is 336 g/mol. The van der Waals surface area contributed by atoms with Crippen molar-refractivity contribution in [3.8, 4) is 11.3 Å². The van der Waals surface area contributed by atoms with Crippen LogP contribution in [0.3, 0.4) is 0 Å². The number of halogens is 1. The van der Waals surface area contributed by atoms with Gasteiger partial charge < -0.3 is 10.6 Å². The first-order chi connectivity index (χ1) is 12.1. The van der Waals surface area contributed by atoms with Gasteiger partial charge in [-0.3, -0.25) is 0 Å². The SMILES string of the molecule is CC(C)CNc1nc(Nc2ccc(F)cc2)cc(-c2ccccc2)n1. The van der Waals surface area contributed by atoms with Crippen LogP contribution < -0.4 is 10.6 Å². The molecule has 0 radical (unpaired) electrons. The molecular formula is C20H21FN4. The molecule has 1 aromatic heterocycles. The third kappa shape index (κ3) is 4.76.